The number of benzene rings is 2. The molecule has 31 heavy (non-hydrogen) atoms. The third kappa shape index (κ3) is 5.21. The Bertz CT molecular complexity index is 836. The van der Waals surface area contributed by atoms with Crippen LogP contribution in [0.5, 0.6) is 11.5 Å². The van der Waals surface area contributed by atoms with Crippen LogP contribution >= 0.6 is 0 Å². The van der Waals surface area contributed by atoms with Gasteiger partial charge in [-0.25, -0.2) is 0 Å². The fraction of sp³-hybridized carbons (Fsp3) is 0.500. The van der Waals surface area contributed by atoms with Crippen LogP contribution in [0, 0.1) is 0 Å². The lowest BCUT2D eigenvalue weighted by molar-refractivity contribution is -0.122. The summed E-state index contributed by atoms with van der Waals surface area (Å²) in [4.78, 5) is 15.9. The molecule has 1 N–H and O–H groups in total. The van der Waals surface area contributed by atoms with Crippen LogP contribution in [0.4, 0.5) is 5.69 Å². The summed E-state index contributed by atoms with van der Waals surface area (Å²) >= 11 is 0. The first-order valence-corrected chi connectivity index (χ1v) is 11.6. The van der Waals surface area contributed by atoms with Crippen molar-refractivity contribution >= 4 is 11.6 Å². The van der Waals surface area contributed by atoms with Gasteiger partial charge in [-0.3, -0.25) is 9.69 Å². The normalized spacial score (nSPS) is 18.5. The van der Waals surface area contributed by atoms with E-state index in [0.29, 0.717) is 6.61 Å². The van der Waals surface area contributed by atoms with Crippen molar-refractivity contribution in [3.05, 3.63) is 54.1 Å². The predicted molar refractivity (Wildman–Crippen MR) is 124 cm³/mol. The predicted octanol–water partition coefficient (Wildman–Crippen LogP) is 5.01. The molecule has 0 atom stereocenters. The number of nitrogens with zero attached hydrogens (tertiary/aromatic N) is 1. The SMILES string of the molecule is COc1ccc(C2(C(=O)Nc3ccc(OCCN4CCCC4)cc3)CCCCC2)cc1. The topological polar surface area (TPSA) is 50.8 Å². The maximum atomic E-state index is 13.5. The smallest absolute Gasteiger partial charge is 0.235 e. The molecule has 1 aliphatic heterocycles. The minimum absolute atomic E-state index is 0.0834. The lowest BCUT2D eigenvalue weighted by Gasteiger charge is -2.36. The molecule has 2 aromatic rings. The highest BCUT2D eigenvalue weighted by atomic mass is 16.5. The molecule has 2 fully saturated rings. The number of methoxy groups -OCH3 is 1. The molecule has 0 spiro atoms. The Labute approximate surface area is 185 Å². The lowest BCUT2D eigenvalue weighted by atomic mass is 9.68. The third-order valence-electron chi connectivity index (χ3n) is 6.77. The zero-order valence-electron chi connectivity index (χ0n) is 18.6. The molecule has 5 heteroatoms. The van der Waals surface area contributed by atoms with Gasteiger partial charge in [-0.15, -0.1) is 0 Å². The first-order chi connectivity index (χ1) is 15.2. The van der Waals surface area contributed by atoms with Crippen molar-refractivity contribution in [2.75, 3.05) is 38.7 Å². The van der Waals surface area contributed by atoms with Gasteiger partial charge in [0, 0.05) is 12.2 Å². The van der Waals surface area contributed by atoms with E-state index in [-0.39, 0.29) is 5.91 Å². The van der Waals surface area contributed by atoms with Crippen molar-refractivity contribution < 1.29 is 14.3 Å². The molecule has 4 rings (SSSR count). The van der Waals surface area contributed by atoms with Crippen molar-refractivity contribution in [3.8, 4) is 11.5 Å². The molecular weight excluding hydrogens is 388 g/mol. The maximum absolute atomic E-state index is 13.5. The van der Waals surface area contributed by atoms with Gasteiger partial charge in [0.05, 0.1) is 12.5 Å². The highest BCUT2D eigenvalue weighted by Gasteiger charge is 2.41. The van der Waals surface area contributed by atoms with Crippen molar-refractivity contribution in [2.45, 2.75) is 50.4 Å². The molecule has 2 aromatic carbocycles. The maximum Gasteiger partial charge on any atom is 0.235 e. The van der Waals surface area contributed by atoms with Gasteiger partial charge in [0.15, 0.2) is 0 Å². The van der Waals surface area contributed by atoms with E-state index in [4.69, 9.17) is 9.47 Å². The molecule has 1 aliphatic carbocycles. The number of ether oxygens (including phenoxy) is 2. The number of amides is 1. The van der Waals surface area contributed by atoms with Gasteiger partial charge >= 0.3 is 0 Å². The minimum Gasteiger partial charge on any atom is -0.497 e. The molecule has 1 amide bonds. The van der Waals surface area contributed by atoms with Gasteiger partial charge in [0.2, 0.25) is 5.91 Å². The summed E-state index contributed by atoms with van der Waals surface area (Å²) < 4.78 is 11.2. The monoisotopic (exact) mass is 422 g/mol. The van der Waals surface area contributed by atoms with Crippen LogP contribution in [0.15, 0.2) is 48.5 Å². The number of likely N-dealkylation sites (tertiary alicyclic amines) is 1. The average molecular weight is 423 g/mol. The fourth-order valence-electron chi connectivity index (χ4n) is 4.90. The standard InChI is InChI=1S/C26H34N2O3/c1-30-23-11-7-21(8-12-23)26(15-3-2-4-16-26)25(29)27-22-9-13-24(14-10-22)31-20-19-28-17-5-6-18-28/h7-14H,2-6,15-20H2,1H3,(H,27,29). The van der Waals surface area contributed by atoms with Crippen LogP contribution < -0.4 is 14.8 Å². The van der Waals surface area contributed by atoms with Crippen LogP contribution in [-0.2, 0) is 10.2 Å². The van der Waals surface area contributed by atoms with E-state index in [9.17, 15) is 4.79 Å². The second-order valence-corrected chi connectivity index (χ2v) is 8.75. The molecule has 0 bridgehead atoms. The molecule has 2 aliphatic rings. The van der Waals surface area contributed by atoms with E-state index in [1.165, 1.54) is 32.4 Å². The highest BCUT2D eigenvalue weighted by Crippen LogP contribution is 2.41. The Morgan fingerprint density at radius 3 is 2.19 bits per heavy atom. The quantitative estimate of drug-likeness (QED) is 0.650. The van der Waals surface area contributed by atoms with Crippen LogP contribution in [0.25, 0.3) is 0 Å². The Morgan fingerprint density at radius 1 is 0.903 bits per heavy atom. The Kier molecular flexibility index (Phi) is 7.13. The van der Waals surface area contributed by atoms with Crippen molar-refractivity contribution in [2.24, 2.45) is 0 Å². The molecule has 1 saturated heterocycles. The average Bonchev–Trinajstić information content (AvgIpc) is 3.34. The van der Waals surface area contributed by atoms with Crippen LogP contribution in [0.2, 0.25) is 0 Å². The van der Waals surface area contributed by atoms with Gasteiger partial charge in [-0.05, 0) is 80.7 Å². The molecule has 0 radical (unpaired) electrons. The summed E-state index contributed by atoms with van der Waals surface area (Å²) in [7, 11) is 1.66. The van der Waals surface area contributed by atoms with Crippen LogP contribution in [-0.4, -0.2) is 44.2 Å². The van der Waals surface area contributed by atoms with Gasteiger partial charge < -0.3 is 14.8 Å². The summed E-state index contributed by atoms with van der Waals surface area (Å²) in [6.45, 7) is 4.05. The van der Waals surface area contributed by atoms with Gasteiger partial charge in [0.25, 0.3) is 0 Å². The number of carbonyl (C=O) groups excluding carboxylic acids is 1. The second-order valence-electron chi connectivity index (χ2n) is 8.75. The summed E-state index contributed by atoms with van der Waals surface area (Å²) in [5.74, 6) is 1.75. The van der Waals surface area contributed by atoms with Crippen molar-refractivity contribution in [3.63, 3.8) is 0 Å². The number of nitrogens with one attached hydrogen (secondary N) is 1. The summed E-state index contributed by atoms with van der Waals surface area (Å²) in [5.41, 5.74) is 1.41. The molecular formula is C26H34N2O3. The largest absolute Gasteiger partial charge is 0.497 e. The lowest BCUT2D eigenvalue weighted by Crippen LogP contribution is -2.42. The number of rotatable bonds is 8. The molecule has 1 heterocycles. The third-order valence-corrected chi connectivity index (χ3v) is 6.77. The van der Waals surface area contributed by atoms with Crippen LogP contribution in [0.1, 0.15) is 50.5 Å². The van der Waals surface area contributed by atoms with Crippen LogP contribution in [0.3, 0.4) is 0 Å². The molecule has 166 valence electrons. The van der Waals surface area contributed by atoms with Crippen molar-refractivity contribution in [1.29, 1.82) is 0 Å². The van der Waals surface area contributed by atoms with E-state index in [1.54, 1.807) is 7.11 Å². The summed E-state index contributed by atoms with van der Waals surface area (Å²) in [6, 6.07) is 15.8. The van der Waals surface area contributed by atoms with Crippen molar-refractivity contribution in [1.82, 2.24) is 4.90 Å². The second kappa shape index (κ2) is 10.2. The molecule has 5 nitrogen and oxygen atoms in total. The summed E-state index contributed by atoms with van der Waals surface area (Å²) in [5, 5.41) is 3.17. The fourth-order valence-corrected chi connectivity index (χ4v) is 4.90. The molecule has 0 unspecified atom stereocenters. The Hall–Kier alpha value is -2.53. The number of anilines is 1. The Balaban J connectivity index is 1.39. The van der Waals surface area contributed by atoms with Gasteiger partial charge in [-0.1, -0.05) is 31.4 Å². The first-order valence-electron chi connectivity index (χ1n) is 11.6. The zero-order valence-corrected chi connectivity index (χ0v) is 18.6. The number of hydrogen-bond acceptors (Lipinski definition) is 4. The zero-order chi connectivity index (χ0) is 21.5. The van der Waals surface area contributed by atoms with E-state index in [1.807, 2.05) is 48.5 Å². The minimum atomic E-state index is -0.477. The molecule has 0 aromatic heterocycles. The van der Waals surface area contributed by atoms with E-state index < -0.39 is 5.41 Å². The van der Waals surface area contributed by atoms with Gasteiger partial charge in [-0.2, -0.15) is 0 Å². The van der Waals surface area contributed by atoms with E-state index in [2.05, 4.69) is 10.2 Å². The number of hydrogen-bond donors (Lipinski definition) is 1. The first kappa shape index (κ1) is 21.7. The van der Waals surface area contributed by atoms with E-state index >= 15 is 0 Å². The molecule has 1 saturated carbocycles. The number of carbonyl (C=O) groups is 1. The highest BCUT2D eigenvalue weighted by molar-refractivity contribution is 5.99. The van der Waals surface area contributed by atoms with Gasteiger partial charge in [0.1, 0.15) is 18.1 Å². The summed E-state index contributed by atoms with van der Waals surface area (Å²) in [6.07, 6.45) is 7.69. The van der Waals surface area contributed by atoms with E-state index in [0.717, 1.165) is 55.0 Å². The Morgan fingerprint density at radius 2 is 1.55 bits per heavy atom.